The average Bonchev–Trinajstić information content (AvgIpc) is 3.33. The summed E-state index contributed by atoms with van der Waals surface area (Å²) >= 11 is 1.77. The van der Waals surface area contributed by atoms with Crippen molar-refractivity contribution in [2.75, 3.05) is 7.05 Å². The Kier molecular flexibility index (Phi) is 4.40. The molecule has 0 aliphatic carbocycles. The van der Waals surface area contributed by atoms with Gasteiger partial charge in [0.2, 0.25) is 5.69 Å². The summed E-state index contributed by atoms with van der Waals surface area (Å²) < 4.78 is 2.36. The summed E-state index contributed by atoms with van der Waals surface area (Å²) in [7, 11) is 2.19. The van der Waals surface area contributed by atoms with Gasteiger partial charge in [0.05, 0.1) is 5.41 Å². The average molecular weight is 396 g/mol. The Hall–Kier alpha value is -3.04. The molecule has 2 nitrogen and oxygen atoms in total. The first-order valence-corrected chi connectivity index (χ1v) is 10.8. The van der Waals surface area contributed by atoms with Crippen LogP contribution in [-0.2, 0) is 11.8 Å². The van der Waals surface area contributed by atoms with Crippen LogP contribution in [-0.4, -0.2) is 22.3 Å². The zero-order valence-corrected chi connectivity index (χ0v) is 17.5. The minimum absolute atomic E-state index is 0.160. The van der Waals surface area contributed by atoms with Crippen molar-refractivity contribution in [1.29, 1.82) is 0 Å². The summed E-state index contributed by atoms with van der Waals surface area (Å²) in [4.78, 5) is 5.93. The molecule has 0 N–H and O–H groups in total. The largest absolute Gasteiger partial charge is 0.261 e. The van der Waals surface area contributed by atoms with E-state index in [1.165, 1.54) is 32.6 Å². The molecule has 1 aliphatic heterocycles. The smallest absolute Gasteiger partial charge is 0.210 e. The van der Waals surface area contributed by atoms with Gasteiger partial charge in [-0.1, -0.05) is 36.4 Å². The van der Waals surface area contributed by atoms with Crippen LogP contribution in [0, 0.1) is 0 Å². The fourth-order valence-corrected chi connectivity index (χ4v) is 5.25. The lowest BCUT2D eigenvalue weighted by Gasteiger charge is -2.23. The first-order chi connectivity index (χ1) is 14.2. The molecule has 0 saturated carbocycles. The fraction of sp³-hybridized carbons (Fsp3) is 0.154. The zero-order chi connectivity index (χ0) is 19.8. The molecule has 3 heterocycles. The van der Waals surface area contributed by atoms with Crippen molar-refractivity contribution in [3.05, 3.63) is 101 Å². The topological polar surface area (TPSA) is 15.9 Å². The summed E-state index contributed by atoms with van der Waals surface area (Å²) in [6.45, 7) is 2.37. The third-order valence-corrected chi connectivity index (χ3v) is 6.79. The lowest BCUT2D eigenvalue weighted by Crippen LogP contribution is -2.33. The van der Waals surface area contributed by atoms with E-state index < -0.39 is 0 Å². The Morgan fingerprint density at radius 2 is 1.83 bits per heavy atom. The molecule has 0 amide bonds. The second kappa shape index (κ2) is 7.09. The quantitative estimate of drug-likeness (QED) is 0.374. The number of fused-ring (bicyclic) bond motifs is 3. The molecule has 0 radical (unpaired) electrons. The van der Waals surface area contributed by atoms with Crippen LogP contribution in [0.5, 0.6) is 0 Å². The van der Waals surface area contributed by atoms with E-state index in [1.807, 2.05) is 12.3 Å². The number of hydrogen-bond donors (Lipinski definition) is 0. The van der Waals surface area contributed by atoms with Gasteiger partial charge in [-0.15, -0.1) is 11.3 Å². The van der Waals surface area contributed by atoms with Crippen LogP contribution in [0.2, 0.25) is 0 Å². The van der Waals surface area contributed by atoms with Gasteiger partial charge >= 0.3 is 0 Å². The Balaban J connectivity index is 1.72. The van der Waals surface area contributed by atoms with Crippen molar-refractivity contribution < 1.29 is 4.58 Å². The molecule has 0 fully saturated rings. The first-order valence-electron chi connectivity index (χ1n) is 9.92. The Morgan fingerprint density at radius 3 is 2.62 bits per heavy atom. The molecular weight excluding hydrogens is 372 g/mol. The minimum atomic E-state index is -0.160. The Labute approximate surface area is 175 Å². The van der Waals surface area contributed by atoms with Gasteiger partial charge in [0.25, 0.3) is 0 Å². The van der Waals surface area contributed by atoms with Crippen molar-refractivity contribution in [2.24, 2.45) is 0 Å². The van der Waals surface area contributed by atoms with E-state index in [4.69, 9.17) is 0 Å². The molecule has 0 bridgehead atoms. The van der Waals surface area contributed by atoms with E-state index in [1.54, 1.807) is 11.3 Å². The molecule has 5 rings (SSSR count). The van der Waals surface area contributed by atoms with Gasteiger partial charge in [-0.25, -0.2) is 0 Å². The number of nitrogens with zero attached hydrogens (tertiary/aromatic N) is 2. The molecule has 0 saturated heterocycles. The molecule has 4 aromatic rings. The number of aromatic nitrogens is 1. The van der Waals surface area contributed by atoms with Crippen molar-refractivity contribution in [3.8, 4) is 0 Å². The highest BCUT2D eigenvalue weighted by molar-refractivity contribution is 7.10. The maximum Gasteiger partial charge on any atom is 0.210 e. The second-order valence-electron chi connectivity index (χ2n) is 7.80. The van der Waals surface area contributed by atoms with E-state index in [9.17, 15) is 0 Å². The number of benzene rings is 2. The van der Waals surface area contributed by atoms with Crippen LogP contribution in [0.3, 0.4) is 0 Å². The summed E-state index contributed by atoms with van der Waals surface area (Å²) in [5.74, 6) is 0. The number of rotatable bonds is 4. The fourth-order valence-electron chi connectivity index (χ4n) is 4.63. The van der Waals surface area contributed by atoms with E-state index in [0.717, 1.165) is 12.1 Å². The Morgan fingerprint density at radius 1 is 0.966 bits per heavy atom. The molecule has 29 heavy (non-hydrogen) atoms. The predicted molar refractivity (Wildman–Crippen MR) is 123 cm³/mol. The third-order valence-electron chi connectivity index (χ3n) is 5.96. The van der Waals surface area contributed by atoms with Crippen molar-refractivity contribution in [3.63, 3.8) is 0 Å². The molecule has 1 aliphatic rings. The highest BCUT2D eigenvalue weighted by atomic mass is 32.1. The number of thiophene rings is 1. The molecule has 2 aromatic heterocycles. The van der Waals surface area contributed by atoms with Gasteiger partial charge in [-0.3, -0.25) is 4.98 Å². The molecule has 142 valence electrons. The van der Waals surface area contributed by atoms with Crippen LogP contribution < -0.4 is 0 Å². The third kappa shape index (κ3) is 3.02. The van der Waals surface area contributed by atoms with Crippen LogP contribution in [0.25, 0.3) is 16.8 Å². The summed E-state index contributed by atoms with van der Waals surface area (Å²) in [6, 6.07) is 23.7. The molecule has 1 atom stereocenters. The zero-order valence-electron chi connectivity index (χ0n) is 16.7. The number of allylic oxidation sites excluding steroid dienone is 1. The van der Waals surface area contributed by atoms with Gasteiger partial charge in [0, 0.05) is 40.9 Å². The summed E-state index contributed by atoms with van der Waals surface area (Å²) in [5, 5.41) is 4.74. The number of pyridine rings is 1. The van der Waals surface area contributed by atoms with Gasteiger partial charge in [0.1, 0.15) is 7.05 Å². The van der Waals surface area contributed by atoms with Crippen molar-refractivity contribution in [2.45, 2.75) is 18.8 Å². The summed E-state index contributed by atoms with van der Waals surface area (Å²) in [6.07, 6.45) is 7.29. The van der Waals surface area contributed by atoms with Crippen molar-refractivity contribution in [1.82, 2.24) is 4.98 Å². The van der Waals surface area contributed by atoms with E-state index in [-0.39, 0.29) is 5.41 Å². The Bertz CT molecular complexity index is 1240. The maximum absolute atomic E-state index is 4.66. The van der Waals surface area contributed by atoms with Gasteiger partial charge in [0.15, 0.2) is 5.71 Å². The van der Waals surface area contributed by atoms with Crippen LogP contribution >= 0.6 is 11.3 Å². The lowest BCUT2D eigenvalue weighted by molar-refractivity contribution is -0.401. The van der Waals surface area contributed by atoms with Crippen molar-refractivity contribution >= 4 is 39.6 Å². The molecular formula is C26H23N2S+. The highest BCUT2D eigenvalue weighted by Gasteiger charge is 2.48. The highest BCUT2D eigenvalue weighted by Crippen LogP contribution is 2.45. The summed E-state index contributed by atoms with van der Waals surface area (Å²) in [5.41, 5.74) is 4.95. The first kappa shape index (κ1) is 18.0. The molecule has 0 spiro atoms. The van der Waals surface area contributed by atoms with Crippen LogP contribution in [0.15, 0.2) is 84.4 Å². The van der Waals surface area contributed by atoms with Crippen LogP contribution in [0.4, 0.5) is 5.69 Å². The maximum atomic E-state index is 4.66. The SMILES string of the molecule is C[N+]1=C(/C=C/c2cccs2)C(C)(Cc2ccccn2)c2c1ccc1ccccc21. The van der Waals surface area contributed by atoms with E-state index >= 15 is 0 Å². The lowest BCUT2D eigenvalue weighted by atomic mass is 9.73. The normalized spacial score (nSPS) is 18.7. The monoisotopic (exact) mass is 395 g/mol. The van der Waals surface area contributed by atoms with E-state index in [0.29, 0.717) is 0 Å². The van der Waals surface area contributed by atoms with E-state index in [2.05, 4.69) is 102 Å². The van der Waals surface area contributed by atoms with Gasteiger partial charge in [-0.05, 0) is 53.4 Å². The second-order valence-corrected chi connectivity index (χ2v) is 8.78. The van der Waals surface area contributed by atoms with Gasteiger partial charge < -0.3 is 0 Å². The number of hydrogen-bond acceptors (Lipinski definition) is 2. The minimum Gasteiger partial charge on any atom is -0.261 e. The van der Waals surface area contributed by atoms with Crippen LogP contribution in [0.1, 0.15) is 23.1 Å². The molecule has 2 aromatic carbocycles. The standard InChI is InChI=1S/C26H23N2S/c1-26(18-20-9-5-6-16-27-20)24(15-13-21-10-7-17-29-21)28(2)23-14-12-19-8-3-4-11-22(19)25(23)26/h3-17H,18H2,1-2H3/q+1/b15-13+. The predicted octanol–water partition coefficient (Wildman–Crippen LogP) is 6.24. The molecule has 3 heteroatoms. The van der Waals surface area contributed by atoms with Gasteiger partial charge in [-0.2, -0.15) is 4.58 Å². The molecule has 1 unspecified atom stereocenters.